The minimum atomic E-state index is -0.423. The summed E-state index contributed by atoms with van der Waals surface area (Å²) < 4.78 is 9.59. The van der Waals surface area contributed by atoms with Crippen molar-refractivity contribution in [2.45, 2.75) is 25.9 Å². The molecule has 0 saturated carbocycles. The molecule has 0 aromatic carbocycles. The van der Waals surface area contributed by atoms with Crippen molar-refractivity contribution in [1.29, 1.82) is 0 Å². The molecule has 1 atom stereocenters. The van der Waals surface area contributed by atoms with Crippen LogP contribution in [0.2, 0.25) is 0 Å². The normalized spacial score (nSPS) is 12.0. The van der Waals surface area contributed by atoms with E-state index >= 15 is 0 Å². The Labute approximate surface area is 102 Å². The maximum Gasteiger partial charge on any atom is 0.325 e. The summed E-state index contributed by atoms with van der Waals surface area (Å²) in [5, 5.41) is 0. The second-order valence-corrected chi connectivity index (χ2v) is 3.69. The van der Waals surface area contributed by atoms with Gasteiger partial charge in [0, 0.05) is 20.2 Å². The van der Waals surface area contributed by atoms with Crippen LogP contribution in [0.5, 0.6) is 0 Å². The Morgan fingerprint density at radius 2 is 2.00 bits per heavy atom. The highest BCUT2D eigenvalue weighted by atomic mass is 16.5. The van der Waals surface area contributed by atoms with E-state index in [0.717, 1.165) is 6.42 Å². The molecule has 0 heterocycles. The minimum absolute atomic E-state index is 0.0236. The molecule has 1 unspecified atom stereocenters. The Hall–Kier alpha value is -1.14. The third-order valence-electron chi connectivity index (χ3n) is 2.39. The van der Waals surface area contributed by atoms with Gasteiger partial charge in [0.15, 0.2) is 0 Å². The molecule has 0 aromatic rings. The fourth-order valence-electron chi connectivity index (χ4n) is 1.37. The van der Waals surface area contributed by atoms with E-state index in [0.29, 0.717) is 6.54 Å². The molecule has 6 heteroatoms. The summed E-state index contributed by atoms with van der Waals surface area (Å²) in [5.74, 6) is -0.567. The van der Waals surface area contributed by atoms with Crippen LogP contribution in [0.1, 0.15) is 19.8 Å². The first-order chi connectivity index (χ1) is 8.08. The molecule has 17 heavy (non-hydrogen) atoms. The van der Waals surface area contributed by atoms with Crippen molar-refractivity contribution < 1.29 is 19.1 Å². The van der Waals surface area contributed by atoms with Gasteiger partial charge in [-0.25, -0.2) is 0 Å². The molecule has 2 N–H and O–H groups in total. The molecule has 1 amide bonds. The number of nitrogens with two attached hydrogens (primary N) is 1. The first kappa shape index (κ1) is 15.9. The number of hydrogen-bond acceptors (Lipinski definition) is 5. The van der Waals surface area contributed by atoms with Gasteiger partial charge in [0.25, 0.3) is 0 Å². The molecular formula is C11H22N2O4. The van der Waals surface area contributed by atoms with Crippen LogP contribution in [0.15, 0.2) is 0 Å². The lowest BCUT2D eigenvalue weighted by Gasteiger charge is -2.22. The van der Waals surface area contributed by atoms with Gasteiger partial charge in [-0.05, 0) is 6.42 Å². The number of ether oxygens (including phenoxy) is 2. The summed E-state index contributed by atoms with van der Waals surface area (Å²) in [6.07, 6.45) is 0.659. The van der Waals surface area contributed by atoms with Crippen LogP contribution in [0.25, 0.3) is 0 Å². The van der Waals surface area contributed by atoms with Crippen molar-refractivity contribution in [3.8, 4) is 0 Å². The average molecular weight is 246 g/mol. The zero-order chi connectivity index (χ0) is 13.3. The third-order valence-corrected chi connectivity index (χ3v) is 2.39. The van der Waals surface area contributed by atoms with Gasteiger partial charge in [-0.15, -0.1) is 0 Å². The van der Waals surface area contributed by atoms with Gasteiger partial charge < -0.3 is 20.1 Å². The molecule has 6 nitrogen and oxygen atoms in total. The van der Waals surface area contributed by atoms with E-state index in [9.17, 15) is 9.59 Å². The number of amides is 1. The van der Waals surface area contributed by atoms with Crippen molar-refractivity contribution >= 4 is 11.9 Å². The highest BCUT2D eigenvalue weighted by Crippen LogP contribution is 2.02. The largest absolute Gasteiger partial charge is 0.468 e. The van der Waals surface area contributed by atoms with Crippen molar-refractivity contribution in [3.05, 3.63) is 0 Å². The van der Waals surface area contributed by atoms with Gasteiger partial charge in [0.2, 0.25) is 5.91 Å². The highest BCUT2D eigenvalue weighted by Gasteiger charge is 2.20. The Kier molecular flexibility index (Phi) is 8.35. The summed E-state index contributed by atoms with van der Waals surface area (Å²) in [6.45, 7) is 2.72. The van der Waals surface area contributed by atoms with E-state index in [4.69, 9.17) is 10.5 Å². The number of carbonyl (C=O) groups excluding carboxylic acids is 2. The van der Waals surface area contributed by atoms with Crippen LogP contribution >= 0.6 is 0 Å². The average Bonchev–Trinajstić information content (AvgIpc) is 2.34. The first-order valence-corrected chi connectivity index (χ1v) is 5.66. The zero-order valence-electron chi connectivity index (χ0n) is 10.8. The van der Waals surface area contributed by atoms with Crippen molar-refractivity contribution in [2.75, 3.05) is 33.9 Å². The Balaban J connectivity index is 4.37. The molecule has 0 rings (SSSR count). The van der Waals surface area contributed by atoms with Crippen LogP contribution in [-0.4, -0.2) is 56.7 Å². The molecule has 0 bridgehead atoms. The maximum atomic E-state index is 11.9. The van der Waals surface area contributed by atoms with Gasteiger partial charge in [-0.2, -0.15) is 0 Å². The van der Waals surface area contributed by atoms with Crippen molar-refractivity contribution in [1.82, 2.24) is 4.90 Å². The van der Waals surface area contributed by atoms with Crippen molar-refractivity contribution in [3.63, 3.8) is 0 Å². The summed E-state index contributed by atoms with van der Waals surface area (Å²) >= 11 is 0. The van der Waals surface area contributed by atoms with Gasteiger partial charge in [0.05, 0.1) is 19.6 Å². The van der Waals surface area contributed by atoms with Gasteiger partial charge >= 0.3 is 5.97 Å². The highest BCUT2D eigenvalue weighted by molar-refractivity contribution is 5.82. The predicted octanol–water partition coefficient (Wildman–Crippen LogP) is -0.238. The van der Waals surface area contributed by atoms with E-state index in [-0.39, 0.29) is 31.5 Å². The SMILES string of the molecule is CCCN(CC(=O)OC)C(=O)CC(CN)OC. The first-order valence-electron chi connectivity index (χ1n) is 5.66. The number of nitrogens with zero attached hydrogens (tertiary/aromatic N) is 1. The number of esters is 1. The lowest BCUT2D eigenvalue weighted by Crippen LogP contribution is -2.39. The summed E-state index contributed by atoms with van der Waals surface area (Å²) in [6, 6.07) is 0. The van der Waals surface area contributed by atoms with Crippen LogP contribution < -0.4 is 5.73 Å². The fourth-order valence-corrected chi connectivity index (χ4v) is 1.37. The van der Waals surface area contributed by atoms with E-state index in [1.165, 1.54) is 19.1 Å². The maximum absolute atomic E-state index is 11.9. The van der Waals surface area contributed by atoms with E-state index in [1.807, 2.05) is 6.92 Å². The smallest absolute Gasteiger partial charge is 0.325 e. The molecule has 0 aliphatic rings. The molecule has 0 fully saturated rings. The Morgan fingerprint density at radius 3 is 2.41 bits per heavy atom. The molecule has 0 aliphatic heterocycles. The van der Waals surface area contributed by atoms with Gasteiger partial charge in [-0.1, -0.05) is 6.92 Å². The summed E-state index contributed by atoms with van der Waals surface area (Å²) in [5.41, 5.74) is 5.45. The van der Waals surface area contributed by atoms with Crippen LogP contribution in [-0.2, 0) is 19.1 Å². The lowest BCUT2D eigenvalue weighted by atomic mass is 10.2. The number of carbonyl (C=O) groups is 2. The standard InChI is InChI=1S/C11H22N2O4/c1-4-5-13(8-11(15)17-3)10(14)6-9(7-12)16-2/h9H,4-8,12H2,1-3H3. The van der Waals surface area contributed by atoms with Gasteiger partial charge in [0.1, 0.15) is 6.54 Å². The quantitative estimate of drug-likeness (QED) is 0.598. The monoisotopic (exact) mass is 246 g/mol. The second kappa shape index (κ2) is 8.95. The third kappa shape index (κ3) is 6.23. The molecule has 0 spiro atoms. The van der Waals surface area contributed by atoms with Gasteiger partial charge in [-0.3, -0.25) is 9.59 Å². The zero-order valence-corrected chi connectivity index (χ0v) is 10.8. The van der Waals surface area contributed by atoms with E-state index < -0.39 is 5.97 Å². The molecule has 0 aliphatic carbocycles. The van der Waals surface area contributed by atoms with Crippen molar-refractivity contribution in [2.24, 2.45) is 5.73 Å². The second-order valence-electron chi connectivity index (χ2n) is 3.69. The van der Waals surface area contributed by atoms with Crippen LogP contribution in [0.3, 0.4) is 0 Å². The summed E-state index contributed by atoms with van der Waals surface area (Å²) in [7, 11) is 2.81. The van der Waals surface area contributed by atoms with E-state index in [2.05, 4.69) is 4.74 Å². The molecule has 0 aromatic heterocycles. The predicted molar refractivity (Wildman–Crippen MR) is 63.4 cm³/mol. The Morgan fingerprint density at radius 1 is 1.35 bits per heavy atom. The lowest BCUT2D eigenvalue weighted by molar-refractivity contribution is -0.147. The minimum Gasteiger partial charge on any atom is -0.468 e. The number of rotatable bonds is 8. The summed E-state index contributed by atoms with van der Waals surface area (Å²) in [4.78, 5) is 24.5. The fraction of sp³-hybridized carbons (Fsp3) is 0.818. The van der Waals surface area contributed by atoms with Crippen LogP contribution in [0, 0.1) is 0 Å². The van der Waals surface area contributed by atoms with E-state index in [1.54, 1.807) is 0 Å². The number of methoxy groups -OCH3 is 2. The topological polar surface area (TPSA) is 81.9 Å². The number of hydrogen-bond donors (Lipinski definition) is 1. The molecule has 0 radical (unpaired) electrons. The molecular weight excluding hydrogens is 224 g/mol. The molecule has 100 valence electrons. The Bertz CT molecular complexity index is 242. The van der Waals surface area contributed by atoms with Crippen LogP contribution in [0.4, 0.5) is 0 Å². The molecule has 0 saturated heterocycles.